The van der Waals surface area contributed by atoms with Gasteiger partial charge in [0, 0.05) is 5.92 Å². The fourth-order valence-electron chi connectivity index (χ4n) is 3.39. The van der Waals surface area contributed by atoms with Crippen molar-refractivity contribution < 1.29 is 23.1 Å². The van der Waals surface area contributed by atoms with E-state index in [1.807, 2.05) is 6.92 Å². The van der Waals surface area contributed by atoms with Gasteiger partial charge in [-0.15, -0.1) is 0 Å². The van der Waals surface area contributed by atoms with E-state index in [-0.39, 0.29) is 5.56 Å². The second kappa shape index (κ2) is 6.50. The molecule has 0 amide bonds. The molecule has 0 spiro atoms. The maximum absolute atomic E-state index is 14.0. The van der Waals surface area contributed by atoms with Crippen LogP contribution in [0.1, 0.15) is 50.5 Å². The standard InChI is InChI=1S/C16H19F3O2/c1-2-3-9-4-5-11(16(20)21)12(8-9)10-6-7-13(17)15(19)14(10)18/h6-7,9,11-12H,2-5,8H2,1H3,(H,20,21). The van der Waals surface area contributed by atoms with Crippen molar-refractivity contribution >= 4 is 5.97 Å². The van der Waals surface area contributed by atoms with Crippen molar-refractivity contribution in [2.45, 2.75) is 44.9 Å². The zero-order chi connectivity index (χ0) is 15.6. The molecule has 3 unspecified atom stereocenters. The van der Waals surface area contributed by atoms with Gasteiger partial charge in [0.15, 0.2) is 17.5 Å². The lowest BCUT2D eigenvalue weighted by atomic mass is 9.70. The van der Waals surface area contributed by atoms with Crippen LogP contribution in [0.4, 0.5) is 13.2 Å². The molecule has 0 aromatic heterocycles. The van der Waals surface area contributed by atoms with Crippen LogP contribution < -0.4 is 0 Å². The Hall–Kier alpha value is -1.52. The molecule has 0 saturated heterocycles. The highest BCUT2D eigenvalue weighted by Gasteiger charge is 2.37. The SMILES string of the molecule is CCCC1CCC(C(=O)O)C(c2ccc(F)c(F)c2F)C1. The number of aliphatic carboxylic acids is 1. The fourth-order valence-corrected chi connectivity index (χ4v) is 3.39. The summed E-state index contributed by atoms with van der Waals surface area (Å²) in [5, 5.41) is 9.31. The van der Waals surface area contributed by atoms with Crippen molar-refractivity contribution in [1.82, 2.24) is 0 Å². The lowest BCUT2D eigenvalue weighted by molar-refractivity contribution is -0.144. The Kier molecular flexibility index (Phi) is 4.91. The molecule has 2 rings (SSSR count). The topological polar surface area (TPSA) is 37.3 Å². The van der Waals surface area contributed by atoms with Crippen LogP contribution in [0.15, 0.2) is 12.1 Å². The van der Waals surface area contributed by atoms with E-state index in [4.69, 9.17) is 0 Å². The summed E-state index contributed by atoms with van der Waals surface area (Å²) in [6, 6.07) is 2.05. The molecule has 1 fully saturated rings. The first-order chi connectivity index (χ1) is 9.95. The number of halogens is 3. The van der Waals surface area contributed by atoms with Gasteiger partial charge in [-0.25, -0.2) is 13.2 Å². The highest BCUT2D eigenvalue weighted by molar-refractivity contribution is 5.71. The quantitative estimate of drug-likeness (QED) is 0.832. The molecule has 3 atom stereocenters. The summed E-state index contributed by atoms with van der Waals surface area (Å²) in [5.41, 5.74) is -0.0119. The second-order valence-electron chi connectivity index (χ2n) is 5.78. The molecule has 1 aromatic carbocycles. The Bertz CT molecular complexity index is 530. The zero-order valence-corrected chi connectivity index (χ0v) is 11.9. The molecule has 1 aliphatic rings. The van der Waals surface area contributed by atoms with E-state index in [2.05, 4.69) is 0 Å². The zero-order valence-electron chi connectivity index (χ0n) is 11.9. The number of benzene rings is 1. The van der Waals surface area contributed by atoms with Crippen LogP contribution in [0.2, 0.25) is 0 Å². The average Bonchev–Trinajstić information content (AvgIpc) is 2.45. The molecule has 0 heterocycles. The van der Waals surface area contributed by atoms with Gasteiger partial charge in [0.05, 0.1) is 5.92 Å². The van der Waals surface area contributed by atoms with E-state index in [0.29, 0.717) is 18.8 Å². The second-order valence-corrected chi connectivity index (χ2v) is 5.78. The summed E-state index contributed by atoms with van der Waals surface area (Å²) >= 11 is 0. The minimum Gasteiger partial charge on any atom is -0.481 e. The highest BCUT2D eigenvalue weighted by Crippen LogP contribution is 2.43. The van der Waals surface area contributed by atoms with Crippen LogP contribution in [0, 0.1) is 29.3 Å². The highest BCUT2D eigenvalue weighted by atomic mass is 19.2. The summed E-state index contributed by atoms with van der Waals surface area (Å²) < 4.78 is 40.5. The first kappa shape index (κ1) is 15.9. The molecule has 21 heavy (non-hydrogen) atoms. The summed E-state index contributed by atoms with van der Waals surface area (Å²) in [7, 11) is 0. The number of carbonyl (C=O) groups is 1. The van der Waals surface area contributed by atoms with E-state index in [1.165, 1.54) is 6.07 Å². The van der Waals surface area contributed by atoms with Gasteiger partial charge in [0.1, 0.15) is 0 Å². The molecule has 1 aromatic rings. The van der Waals surface area contributed by atoms with E-state index < -0.39 is 35.3 Å². The van der Waals surface area contributed by atoms with Crippen LogP contribution in [-0.4, -0.2) is 11.1 Å². The van der Waals surface area contributed by atoms with Crippen LogP contribution in [-0.2, 0) is 4.79 Å². The molecular formula is C16H19F3O2. The lowest BCUT2D eigenvalue weighted by Crippen LogP contribution is -2.30. The molecule has 1 saturated carbocycles. The molecule has 116 valence electrons. The minimum absolute atomic E-state index is 0.0119. The van der Waals surface area contributed by atoms with E-state index in [9.17, 15) is 23.1 Å². The normalized spacial score (nSPS) is 25.8. The number of carboxylic acid groups (broad SMARTS) is 1. The summed E-state index contributed by atoms with van der Waals surface area (Å²) in [4.78, 5) is 11.4. The van der Waals surface area contributed by atoms with Crippen molar-refractivity contribution in [3.63, 3.8) is 0 Å². The Labute approximate surface area is 122 Å². The molecule has 1 aliphatic carbocycles. The van der Waals surface area contributed by atoms with Crippen molar-refractivity contribution in [2.75, 3.05) is 0 Å². The van der Waals surface area contributed by atoms with Gasteiger partial charge in [-0.3, -0.25) is 4.79 Å². The Morgan fingerprint density at radius 1 is 1.24 bits per heavy atom. The summed E-state index contributed by atoms with van der Waals surface area (Å²) in [5.74, 6) is -6.04. The van der Waals surface area contributed by atoms with Crippen LogP contribution in [0.25, 0.3) is 0 Å². The van der Waals surface area contributed by atoms with Crippen molar-refractivity contribution in [1.29, 1.82) is 0 Å². The van der Waals surface area contributed by atoms with Crippen LogP contribution in [0.5, 0.6) is 0 Å². The van der Waals surface area contributed by atoms with Gasteiger partial charge in [-0.05, 0) is 36.8 Å². The number of rotatable bonds is 4. The third-order valence-electron chi connectivity index (χ3n) is 4.44. The summed E-state index contributed by atoms with van der Waals surface area (Å²) in [6.45, 7) is 2.04. The van der Waals surface area contributed by atoms with Crippen LogP contribution in [0.3, 0.4) is 0 Å². The number of carboxylic acids is 1. The van der Waals surface area contributed by atoms with Gasteiger partial charge in [-0.1, -0.05) is 25.8 Å². The predicted octanol–water partition coefficient (Wildman–Crippen LogP) is 4.49. The van der Waals surface area contributed by atoms with Crippen molar-refractivity contribution in [3.05, 3.63) is 35.1 Å². The molecular weight excluding hydrogens is 281 g/mol. The molecule has 1 N–H and O–H groups in total. The maximum Gasteiger partial charge on any atom is 0.307 e. The molecule has 0 radical (unpaired) electrons. The minimum atomic E-state index is -1.52. The average molecular weight is 300 g/mol. The van der Waals surface area contributed by atoms with E-state index >= 15 is 0 Å². The number of hydrogen-bond donors (Lipinski definition) is 1. The maximum atomic E-state index is 14.0. The van der Waals surface area contributed by atoms with Gasteiger partial charge in [0.25, 0.3) is 0 Å². The lowest BCUT2D eigenvalue weighted by Gasteiger charge is -2.34. The molecule has 0 bridgehead atoms. The smallest absolute Gasteiger partial charge is 0.307 e. The van der Waals surface area contributed by atoms with E-state index in [1.54, 1.807) is 0 Å². The van der Waals surface area contributed by atoms with Gasteiger partial charge in [0.2, 0.25) is 0 Å². The van der Waals surface area contributed by atoms with Crippen LogP contribution >= 0.6 is 0 Å². The van der Waals surface area contributed by atoms with Gasteiger partial charge in [-0.2, -0.15) is 0 Å². The summed E-state index contributed by atoms with van der Waals surface area (Å²) in [6.07, 6.45) is 3.64. The third-order valence-corrected chi connectivity index (χ3v) is 4.44. The van der Waals surface area contributed by atoms with Crippen molar-refractivity contribution in [3.8, 4) is 0 Å². The van der Waals surface area contributed by atoms with Gasteiger partial charge < -0.3 is 5.11 Å². The first-order valence-corrected chi connectivity index (χ1v) is 7.31. The first-order valence-electron chi connectivity index (χ1n) is 7.31. The number of hydrogen-bond acceptors (Lipinski definition) is 1. The third kappa shape index (κ3) is 3.22. The van der Waals surface area contributed by atoms with E-state index in [0.717, 1.165) is 25.3 Å². The Morgan fingerprint density at radius 3 is 2.57 bits per heavy atom. The van der Waals surface area contributed by atoms with Gasteiger partial charge >= 0.3 is 5.97 Å². The van der Waals surface area contributed by atoms with Crippen molar-refractivity contribution in [2.24, 2.45) is 11.8 Å². The fraction of sp³-hybridized carbons (Fsp3) is 0.562. The molecule has 0 aliphatic heterocycles. The Balaban J connectivity index is 2.35. The molecule has 2 nitrogen and oxygen atoms in total. The largest absolute Gasteiger partial charge is 0.481 e. The Morgan fingerprint density at radius 2 is 1.95 bits per heavy atom. The molecule has 5 heteroatoms. The predicted molar refractivity (Wildman–Crippen MR) is 72.4 cm³/mol. The monoisotopic (exact) mass is 300 g/mol.